The zero-order chi connectivity index (χ0) is 17.0. The Morgan fingerprint density at radius 2 is 2.25 bits per heavy atom. The molecular formula is C15H17N7O2. The monoisotopic (exact) mass is 327 g/mol. The zero-order valence-corrected chi connectivity index (χ0v) is 13.4. The van der Waals surface area contributed by atoms with Crippen LogP contribution in [0, 0.1) is 18.8 Å². The summed E-state index contributed by atoms with van der Waals surface area (Å²) in [5.74, 6) is 0.823. The number of hydrogen-bond acceptors (Lipinski definition) is 6. The van der Waals surface area contributed by atoms with E-state index in [0.717, 1.165) is 13.0 Å². The minimum Gasteiger partial charge on any atom is -0.364 e. The van der Waals surface area contributed by atoms with E-state index in [1.165, 1.54) is 10.9 Å². The Morgan fingerprint density at radius 1 is 1.46 bits per heavy atom. The van der Waals surface area contributed by atoms with Crippen LogP contribution in [0.2, 0.25) is 0 Å². The van der Waals surface area contributed by atoms with Gasteiger partial charge in [-0.05, 0) is 26.2 Å². The van der Waals surface area contributed by atoms with Crippen LogP contribution in [0.25, 0.3) is 0 Å². The molecule has 9 nitrogen and oxygen atoms in total. The molecule has 2 fully saturated rings. The third-order valence-electron chi connectivity index (χ3n) is 4.71. The van der Waals surface area contributed by atoms with Gasteiger partial charge in [0.25, 0.3) is 5.91 Å². The van der Waals surface area contributed by atoms with Gasteiger partial charge in [-0.1, -0.05) is 5.21 Å². The van der Waals surface area contributed by atoms with Crippen molar-refractivity contribution >= 4 is 17.6 Å². The quantitative estimate of drug-likeness (QED) is 0.848. The maximum absolute atomic E-state index is 12.2. The number of primary amides is 1. The SMILES string of the molecule is Cc1nc([C@H](C)n2cc(C(N)=O)nn2)cnc1N1C[C@H]2C[C@H]2C1=O. The van der Waals surface area contributed by atoms with Crippen LogP contribution in [0.15, 0.2) is 12.4 Å². The lowest BCUT2D eigenvalue weighted by molar-refractivity contribution is -0.118. The number of amides is 2. The summed E-state index contributed by atoms with van der Waals surface area (Å²) in [6, 6.07) is -0.256. The number of nitrogens with two attached hydrogens (primary N) is 1. The van der Waals surface area contributed by atoms with Crippen LogP contribution < -0.4 is 10.6 Å². The van der Waals surface area contributed by atoms with Crippen LogP contribution in [0.3, 0.4) is 0 Å². The van der Waals surface area contributed by atoms with Crippen molar-refractivity contribution in [1.82, 2.24) is 25.0 Å². The summed E-state index contributed by atoms with van der Waals surface area (Å²) in [7, 11) is 0. The summed E-state index contributed by atoms with van der Waals surface area (Å²) in [5.41, 5.74) is 6.66. The summed E-state index contributed by atoms with van der Waals surface area (Å²) < 4.78 is 1.51. The third-order valence-corrected chi connectivity index (χ3v) is 4.71. The minimum atomic E-state index is -0.628. The Bertz CT molecular complexity index is 846. The van der Waals surface area contributed by atoms with Crippen molar-refractivity contribution in [3.63, 3.8) is 0 Å². The summed E-state index contributed by atoms with van der Waals surface area (Å²) in [6.07, 6.45) is 4.12. The standard InChI is InChI=1S/C15H17N7O2/c1-7-14(21-5-9-3-10(9)15(21)24)17-4-11(18-7)8(2)22-6-12(13(16)23)19-20-22/h4,6,8-10H,3,5H2,1-2H3,(H2,16,23)/t8-,9+,10+/m0/s1. The maximum atomic E-state index is 12.2. The van der Waals surface area contributed by atoms with Crippen LogP contribution >= 0.6 is 0 Å². The highest BCUT2D eigenvalue weighted by Gasteiger charge is 2.53. The van der Waals surface area contributed by atoms with Gasteiger partial charge in [-0.2, -0.15) is 0 Å². The minimum absolute atomic E-state index is 0.102. The van der Waals surface area contributed by atoms with E-state index in [2.05, 4.69) is 20.3 Å². The number of carbonyl (C=O) groups excluding carboxylic acids is 2. The number of rotatable bonds is 4. The second-order valence-electron chi connectivity index (χ2n) is 6.38. The number of carbonyl (C=O) groups is 2. The molecule has 1 aliphatic heterocycles. The van der Waals surface area contributed by atoms with E-state index in [9.17, 15) is 9.59 Å². The molecule has 0 bridgehead atoms. The number of hydrogen-bond donors (Lipinski definition) is 1. The molecule has 124 valence electrons. The largest absolute Gasteiger partial charge is 0.364 e. The van der Waals surface area contributed by atoms with Crippen molar-refractivity contribution in [3.8, 4) is 0 Å². The van der Waals surface area contributed by atoms with Gasteiger partial charge in [-0.15, -0.1) is 5.10 Å². The molecule has 2 N–H and O–H groups in total. The van der Waals surface area contributed by atoms with Gasteiger partial charge in [-0.3, -0.25) is 19.5 Å². The van der Waals surface area contributed by atoms with Crippen LogP contribution in [-0.2, 0) is 4.79 Å². The van der Waals surface area contributed by atoms with E-state index < -0.39 is 5.91 Å². The van der Waals surface area contributed by atoms with Crippen molar-refractivity contribution in [2.45, 2.75) is 26.3 Å². The summed E-state index contributed by atoms with van der Waals surface area (Å²) in [5, 5.41) is 7.63. The molecule has 0 aromatic carbocycles. The van der Waals surface area contributed by atoms with E-state index in [1.807, 2.05) is 13.8 Å². The number of piperidine rings is 1. The smallest absolute Gasteiger partial charge is 0.270 e. The molecule has 3 atom stereocenters. The Hall–Kier alpha value is -2.84. The van der Waals surface area contributed by atoms with Crippen molar-refractivity contribution in [3.05, 3.63) is 29.5 Å². The van der Waals surface area contributed by atoms with Gasteiger partial charge in [0.15, 0.2) is 11.5 Å². The Morgan fingerprint density at radius 3 is 2.83 bits per heavy atom. The van der Waals surface area contributed by atoms with Crippen molar-refractivity contribution in [2.75, 3.05) is 11.4 Å². The predicted molar refractivity (Wildman–Crippen MR) is 83.1 cm³/mol. The Labute approximate surface area is 137 Å². The molecule has 2 amide bonds. The third kappa shape index (κ3) is 2.24. The zero-order valence-electron chi connectivity index (χ0n) is 13.4. The van der Waals surface area contributed by atoms with Gasteiger partial charge in [0.2, 0.25) is 5.91 Å². The maximum Gasteiger partial charge on any atom is 0.270 e. The fraction of sp³-hybridized carbons (Fsp3) is 0.467. The van der Waals surface area contributed by atoms with E-state index in [0.29, 0.717) is 23.1 Å². The average molecular weight is 327 g/mol. The molecule has 1 saturated heterocycles. The molecule has 24 heavy (non-hydrogen) atoms. The average Bonchev–Trinajstić information content (AvgIpc) is 3.01. The summed E-state index contributed by atoms with van der Waals surface area (Å²) >= 11 is 0. The first-order valence-corrected chi connectivity index (χ1v) is 7.82. The van der Waals surface area contributed by atoms with Gasteiger partial charge in [0.05, 0.1) is 29.8 Å². The van der Waals surface area contributed by atoms with E-state index >= 15 is 0 Å². The lowest BCUT2D eigenvalue weighted by Crippen LogP contribution is -2.30. The van der Waals surface area contributed by atoms with Crippen LogP contribution in [0.5, 0.6) is 0 Å². The Kier molecular flexibility index (Phi) is 3.12. The van der Waals surface area contributed by atoms with Crippen LogP contribution in [-0.4, -0.2) is 43.3 Å². The molecule has 1 saturated carbocycles. The van der Waals surface area contributed by atoms with Gasteiger partial charge < -0.3 is 5.73 Å². The molecule has 4 rings (SSSR count). The number of aryl methyl sites for hydroxylation is 1. The predicted octanol–water partition coefficient (Wildman–Crippen LogP) is 0.0674. The normalized spacial score (nSPS) is 23.2. The van der Waals surface area contributed by atoms with Gasteiger partial charge in [0.1, 0.15) is 0 Å². The molecule has 2 aromatic rings. The highest BCUT2D eigenvalue weighted by molar-refractivity contribution is 5.99. The second kappa shape index (κ2) is 5.08. The molecule has 9 heteroatoms. The first-order valence-electron chi connectivity index (χ1n) is 7.82. The van der Waals surface area contributed by atoms with Crippen molar-refractivity contribution in [1.29, 1.82) is 0 Å². The molecular weight excluding hydrogens is 310 g/mol. The fourth-order valence-corrected chi connectivity index (χ4v) is 3.14. The van der Waals surface area contributed by atoms with E-state index in [-0.39, 0.29) is 23.6 Å². The second-order valence-corrected chi connectivity index (χ2v) is 6.38. The van der Waals surface area contributed by atoms with E-state index in [1.54, 1.807) is 11.1 Å². The topological polar surface area (TPSA) is 120 Å². The highest BCUT2D eigenvalue weighted by atomic mass is 16.2. The van der Waals surface area contributed by atoms with Gasteiger partial charge in [-0.25, -0.2) is 9.67 Å². The molecule has 1 aliphatic carbocycles. The molecule has 3 heterocycles. The summed E-state index contributed by atoms with van der Waals surface area (Å²) in [4.78, 5) is 34.1. The molecule has 0 spiro atoms. The number of fused-ring (bicyclic) bond motifs is 1. The number of nitrogens with zero attached hydrogens (tertiary/aromatic N) is 6. The number of anilines is 1. The van der Waals surface area contributed by atoms with Gasteiger partial charge in [0, 0.05) is 12.5 Å². The summed E-state index contributed by atoms with van der Waals surface area (Å²) in [6.45, 7) is 4.45. The van der Waals surface area contributed by atoms with Gasteiger partial charge >= 0.3 is 0 Å². The molecule has 0 radical (unpaired) electrons. The molecule has 2 aliphatic rings. The van der Waals surface area contributed by atoms with Crippen LogP contribution in [0.4, 0.5) is 5.82 Å². The fourth-order valence-electron chi connectivity index (χ4n) is 3.14. The van der Waals surface area contributed by atoms with E-state index in [4.69, 9.17) is 5.73 Å². The van der Waals surface area contributed by atoms with Crippen molar-refractivity contribution in [2.24, 2.45) is 17.6 Å². The first kappa shape index (κ1) is 14.7. The molecule has 2 aromatic heterocycles. The lowest BCUT2D eigenvalue weighted by atomic mass is 10.2. The number of aromatic nitrogens is 5. The van der Waals surface area contributed by atoms with Crippen LogP contribution in [0.1, 0.15) is 41.3 Å². The van der Waals surface area contributed by atoms with Crippen molar-refractivity contribution < 1.29 is 9.59 Å². The first-order chi connectivity index (χ1) is 11.5. The molecule has 0 unspecified atom stereocenters. The Balaban J connectivity index is 1.59. The lowest BCUT2D eigenvalue weighted by Gasteiger charge is -2.20. The highest BCUT2D eigenvalue weighted by Crippen LogP contribution is 2.47.